The second-order valence-corrected chi connectivity index (χ2v) is 6.86. The van der Waals surface area contributed by atoms with Gasteiger partial charge in [-0.2, -0.15) is 11.8 Å². The lowest BCUT2D eigenvalue weighted by molar-refractivity contribution is -0.131. The predicted molar refractivity (Wildman–Crippen MR) is 88.5 cm³/mol. The molecule has 1 aliphatic rings. The molecule has 0 bridgehead atoms. The van der Waals surface area contributed by atoms with Gasteiger partial charge >= 0.3 is 0 Å². The highest BCUT2D eigenvalue weighted by Crippen LogP contribution is 2.27. The molecule has 1 saturated carbocycles. The second kappa shape index (κ2) is 9.11. The van der Waals surface area contributed by atoms with E-state index in [0.29, 0.717) is 6.54 Å². The number of benzene rings is 1. The maximum absolute atomic E-state index is 12.2. The van der Waals surface area contributed by atoms with Crippen LogP contribution in [0, 0.1) is 0 Å². The first-order valence-corrected chi connectivity index (χ1v) is 8.83. The zero-order valence-electron chi connectivity index (χ0n) is 12.7. The van der Waals surface area contributed by atoms with Crippen LogP contribution in [-0.2, 0) is 9.53 Å². The van der Waals surface area contributed by atoms with Crippen LogP contribution in [0.4, 0.5) is 0 Å². The van der Waals surface area contributed by atoms with Gasteiger partial charge in [0.05, 0.1) is 0 Å². The van der Waals surface area contributed by atoms with Crippen molar-refractivity contribution in [1.29, 1.82) is 0 Å². The Balaban J connectivity index is 1.70. The highest BCUT2D eigenvalue weighted by atomic mass is 32.2. The Kier molecular flexibility index (Phi) is 7.10. The van der Waals surface area contributed by atoms with Gasteiger partial charge in [0.2, 0.25) is 0 Å². The number of carbonyl (C=O) groups is 1. The molecule has 4 heteroatoms. The number of rotatable bonds is 7. The molecule has 1 aromatic rings. The highest BCUT2D eigenvalue weighted by Gasteiger charge is 2.19. The maximum Gasteiger partial charge on any atom is 0.253 e. The van der Waals surface area contributed by atoms with Gasteiger partial charge in [0.1, 0.15) is 0 Å². The molecule has 0 spiro atoms. The van der Waals surface area contributed by atoms with Crippen LogP contribution >= 0.6 is 11.8 Å². The van der Waals surface area contributed by atoms with Crippen molar-refractivity contribution < 1.29 is 9.53 Å². The zero-order chi connectivity index (χ0) is 14.9. The van der Waals surface area contributed by atoms with E-state index in [9.17, 15) is 4.79 Å². The van der Waals surface area contributed by atoms with Crippen LogP contribution in [0.15, 0.2) is 30.3 Å². The molecule has 1 aliphatic carbocycles. The lowest BCUT2D eigenvalue weighted by Crippen LogP contribution is -2.32. The Bertz CT molecular complexity index is 418. The molecule has 0 radical (unpaired) electrons. The van der Waals surface area contributed by atoms with Crippen molar-refractivity contribution in [2.45, 2.75) is 43.5 Å². The first kappa shape index (κ1) is 16.4. The van der Waals surface area contributed by atoms with Gasteiger partial charge in [0.25, 0.3) is 5.91 Å². The number of carbonyl (C=O) groups excluding carboxylic acids is 1. The van der Waals surface area contributed by atoms with Gasteiger partial charge < -0.3 is 10.1 Å². The van der Waals surface area contributed by atoms with Gasteiger partial charge in [0, 0.05) is 24.7 Å². The van der Waals surface area contributed by atoms with Gasteiger partial charge in [-0.05, 0) is 18.4 Å². The summed E-state index contributed by atoms with van der Waals surface area (Å²) in [5.74, 6) is 0.940. The van der Waals surface area contributed by atoms with Gasteiger partial charge in [-0.1, -0.05) is 49.6 Å². The molecule has 1 aromatic carbocycles. The number of thioether (sulfide) groups is 1. The van der Waals surface area contributed by atoms with E-state index < -0.39 is 6.10 Å². The van der Waals surface area contributed by atoms with Crippen LogP contribution in [0.3, 0.4) is 0 Å². The summed E-state index contributed by atoms with van der Waals surface area (Å²) < 4.78 is 5.33. The average Bonchev–Trinajstić information content (AvgIpc) is 2.54. The first-order chi connectivity index (χ1) is 10.3. The van der Waals surface area contributed by atoms with Crippen LogP contribution < -0.4 is 5.32 Å². The van der Waals surface area contributed by atoms with E-state index >= 15 is 0 Å². The Morgan fingerprint density at radius 2 is 2.00 bits per heavy atom. The third kappa shape index (κ3) is 5.36. The minimum absolute atomic E-state index is 0.0482. The summed E-state index contributed by atoms with van der Waals surface area (Å²) in [6, 6.07) is 9.63. The van der Waals surface area contributed by atoms with E-state index in [4.69, 9.17) is 4.74 Å². The summed E-state index contributed by atoms with van der Waals surface area (Å²) >= 11 is 2.00. The summed E-state index contributed by atoms with van der Waals surface area (Å²) in [5.41, 5.74) is 0.900. The van der Waals surface area contributed by atoms with Crippen molar-refractivity contribution in [2.75, 3.05) is 19.4 Å². The van der Waals surface area contributed by atoms with Crippen LogP contribution in [0.2, 0.25) is 0 Å². The van der Waals surface area contributed by atoms with E-state index in [1.165, 1.54) is 32.1 Å². The molecule has 0 heterocycles. The summed E-state index contributed by atoms with van der Waals surface area (Å²) in [6.07, 6.45) is 6.28. The van der Waals surface area contributed by atoms with Gasteiger partial charge in [0.15, 0.2) is 6.10 Å². The zero-order valence-corrected chi connectivity index (χ0v) is 13.5. The summed E-state index contributed by atoms with van der Waals surface area (Å²) in [4.78, 5) is 12.2. The largest absolute Gasteiger partial charge is 0.367 e. The molecule has 0 saturated heterocycles. The monoisotopic (exact) mass is 307 g/mol. The number of amides is 1. The van der Waals surface area contributed by atoms with Crippen LogP contribution in [0.5, 0.6) is 0 Å². The molecular formula is C17H25NO2S. The number of ether oxygens (including phenoxy) is 1. The fourth-order valence-electron chi connectivity index (χ4n) is 2.75. The van der Waals surface area contributed by atoms with Crippen LogP contribution in [0.25, 0.3) is 0 Å². The molecule has 1 amide bonds. The van der Waals surface area contributed by atoms with Crippen LogP contribution in [0.1, 0.15) is 43.8 Å². The molecule has 1 N–H and O–H groups in total. The third-order valence-electron chi connectivity index (χ3n) is 3.88. The molecule has 1 atom stereocenters. The SMILES string of the molecule is CO[C@@H](C(=O)NCCSC1CCCCC1)c1ccccc1. The van der Waals surface area contributed by atoms with E-state index in [1.54, 1.807) is 7.11 Å². The third-order valence-corrected chi connectivity index (χ3v) is 5.27. The van der Waals surface area contributed by atoms with Crippen molar-refractivity contribution in [3.8, 4) is 0 Å². The molecule has 2 rings (SSSR count). The van der Waals surface area contributed by atoms with Gasteiger partial charge in [-0.25, -0.2) is 0 Å². The summed E-state index contributed by atoms with van der Waals surface area (Å²) in [6.45, 7) is 0.715. The van der Waals surface area contributed by atoms with Gasteiger partial charge in [-0.3, -0.25) is 4.79 Å². The van der Waals surface area contributed by atoms with E-state index in [2.05, 4.69) is 5.32 Å². The average molecular weight is 307 g/mol. The quantitative estimate of drug-likeness (QED) is 0.783. The fourth-order valence-corrected chi connectivity index (χ4v) is 3.97. The summed E-state index contributed by atoms with van der Waals surface area (Å²) in [5, 5.41) is 3.78. The Hall–Kier alpha value is -1.00. The maximum atomic E-state index is 12.2. The Morgan fingerprint density at radius 1 is 1.29 bits per heavy atom. The standard InChI is InChI=1S/C17H25NO2S/c1-20-16(14-8-4-2-5-9-14)17(19)18-12-13-21-15-10-6-3-7-11-15/h2,4-5,8-9,15-16H,3,6-7,10-13H2,1H3,(H,18,19)/t16-/m1/s1. The van der Waals surface area contributed by atoms with E-state index in [1.807, 2.05) is 42.1 Å². The minimum atomic E-state index is -0.508. The topological polar surface area (TPSA) is 38.3 Å². The van der Waals surface area contributed by atoms with E-state index in [-0.39, 0.29) is 5.91 Å². The molecule has 3 nitrogen and oxygen atoms in total. The summed E-state index contributed by atoms with van der Waals surface area (Å²) in [7, 11) is 1.58. The fraction of sp³-hybridized carbons (Fsp3) is 0.588. The lowest BCUT2D eigenvalue weighted by Gasteiger charge is -2.21. The molecule has 0 aliphatic heterocycles. The smallest absolute Gasteiger partial charge is 0.253 e. The molecule has 1 fully saturated rings. The molecule has 116 valence electrons. The van der Waals surface area contributed by atoms with Crippen molar-refractivity contribution >= 4 is 17.7 Å². The van der Waals surface area contributed by atoms with E-state index in [0.717, 1.165) is 16.6 Å². The van der Waals surface area contributed by atoms with Crippen LogP contribution in [-0.4, -0.2) is 30.6 Å². The molecular weight excluding hydrogens is 282 g/mol. The molecule has 0 unspecified atom stereocenters. The van der Waals surface area contributed by atoms with Crippen molar-refractivity contribution in [3.63, 3.8) is 0 Å². The lowest BCUT2D eigenvalue weighted by atomic mass is 10.0. The Labute approximate surface area is 131 Å². The van der Waals surface area contributed by atoms with Crippen molar-refractivity contribution in [1.82, 2.24) is 5.32 Å². The Morgan fingerprint density at radius 3 is 2.67 bits per heavy atom. The molecule has 0 aromatic heterocycles. The molecule has 21 heavy (non-hydrogen) atoms. The van der Waals surface area contributed by atoms with Crippen molar-refractivity contribution in [2.24, 2.45) is 0 Å². The second-order valence-electron chi connectivity index (χ2n) is 5.45. The minimum Gasteiger partial charge on any atom is -0.367 e. The number of hydrogen-bond donors (Lipinski definition) is 1. The normalized spacial score (nSPS) is 17.4. The van der Waals surface area contributed by atoms with Gasteiger partial charge in [-0.15, -0.1) is 0 Å². The highest BCUT2D eigenvalue weighted by molar-refractivity contribution is 7.99. The number of hydrogen-bond acceptors (Lipinski definition) is 3. The predicted octanol–water partition coefficient (Wildman–Crippen LogP) is 3.56. The first-order valence-electron chi connectivity index (χ1n) is 7.78. The number of nitrogens with one attached hydrogen (secondary N) is 1. The van der Waals surface area contributed by atoms with Crippen molar-refractivity contribution in [3.05, 3.63) is 35.9 Å². The number of methoxy groups -OCH3 is 1.